The molecule has 10 heteroatoms. The average Bonchev–Trinajstić information content (AvgIpc) is 3.27. The van der Waals surface area contributed by atoms with Crippen molar-refractivity contribution in [3.8, 4) is 0 Å². The molecule has 8 nitrogen and oxygen atoms in total. The minimum atomic E-state index is -0.536. The third kappa shape index (κ3) is 5.97. The van der Waals surface area contributed by atoms with Gasteiger partial charge in [-0.15, -0.1) is 11.3 Å². The summed E-state index contributed by atoms with van der Waals surface area (Å²) >= 11 is 1.25. The fraction of sp³-hybridized carbons (Fsp3) is 0.200. The Labute approximate surface area is 203 Å². The van der Waals surface area contributed by atoms with Crippen LogP contribution in [0.1, 0.15) is 44.6 Å². The number of hydrogen-bond donors (Lipinski definition) is 2. The number of fused-ring (bicyclic) bond motifs is 1. The van der Waals surface area contributed by atoms with Crippen molar-refractivity contribution in [2.45, 2.75) is 26.7 Å². The van der Waals surface area contributed by atoms with E-state index in [1.54, 1.807) is 48.7 Å². The number of esters is 1. The van der Waals surface area contributed by atoms with Crippen molar-refractivity contribution in [3.63, 3.8) is 0 Å². The molecule has 0 aliphatic heterocycles. The number of aromatic nitrogens is 2. The Morgan fingerprint density at radius 2 is 1.77 bits per heavy atom. The molecule has 2 aromatic carbocycles. The number of aromatic amines is 1. The first-order valence-corrected chi connectivity index (χ1v) is 11.7. The minimum Gasteiger partial charge on any atom is -0.462 e. The van der Waals surface area contributed by atoms with Crippen molar-refractivity contribution in [3.05, 3.63) is 98.2 Å². The van der Waals surface area contributed by atoms with Crippen LogP contribution in [0.2, 0.25) is 0 Å². The van der Waals surface area contributed by atoms with Gasteiger partial charge in [-0.25, -0.2) is 14.2 Å². The normalized spacial score (nSPS) is 10.9. The quantitative estimate of drug-likeness (QED) is 0.340. The van der Waals surface area contributed by atoms with E-state index in [1.807, 2.05) is 0 Å². The van der Waals surface area contributed by atoms with Gasteiger partial charge in [0.15, 0.2) is 0 Å². The van der Waals surface area contributed by atoms with Crippen molar-refractivity contribution in [1.82, 2.24) is 15.3 Å². The molecule has 35 heavy (non-hydrogen) atoms. The number of benzene rings is 2. The lowest BCUT2D eigenvalue weighted by Crippen LogP contribution is -2.27. The Morgan fingerprint density at radius 1 is 1.06 bits per heavy atom. The van der Waals surface area contributed by atoms with Crippen LogP contribution in [0.5, 0.6) is 0 Å². The summed E-state index contributed by atoms with van der Waals surface area (Å²) in [5.74, 6) is -1.37. The van der Waals surface area contributed by atoms with Gasteiger partial charge < -0.3 is 19.8 Å². The van der Waals surface area contributed by atoms with Gasteiger partial charge in [-0.3, -0.25) is 9.59 Å². The Hall–Kier alpha value is -3.89. The summed E-state index contributed by atoms with van der Waals surface area (Å²) in [6.07, 6.45) is 0. The number of halogens is 1. The van der Waals surface area contributed by atoms with Gasteiger partial charge in [-0.05, 0) is 47.7 Å². The van der Waals surface area contributed by atoms with E-state index in [0.29, 0.717) is 33.5 Å². The highest BCUT2D eigenvalue weighted by Gasteiger charge is 2.16. The maximum atomic E-state index is 13.0. The molecule has 2 heterocycles. The van der Waals surface area contributed by atoms with Crippen LogP contribution in [-0.2, 0) is 29.2 Å². The first-order valence-electron chi connectivity index (χ1n) is 10.8. The van der Waals surface area contributed by atoms with Crippen molar-refractivity contribution >= 4 is 33.4 Å². The van der Waals surface area contributed by atoms with Crippen LogP contribution in [0.25, 0.3) is 10.2 Å². The third-order valence-electron chi connectivity index (χ3n) is 5.09. The zero-order valence-electron chi connectivity index (χ0n) is 18.8. The number of thiophene rings is 1. The molecule has 0 unspecified atom stereocenters. The SMILES string of the molecule is CCOC(=O)c1ccc(COCc2csc3nc(C(=O)NCc4ccc(F)cc4)[nH]c(=O)c23)cc1. The highest BCUT2D eigenvalue weighted by molar-refractivity contribution is 7.16. The van der Waals surface area contributed by atoms with E-state index in [1.165, 1.54) is 23.5 Å². The van der Waals surface area contributed by atoms with Gasteiger partial charge in [0.2, 0.25) is 5.82 Å². The summed E-state index contributed by atoms with van der Waals surface area (Å²) in [5.41, 5.74) is 2.29. The van der Waals surface area contributed by atoms with E-state index in [-0.39, 0.29) is 37.4 Å². The van der Waals surface area contributed by atoms with Gasteiger partial charge in [-0.1, -0.05) is 24.3 Å². The molecule has 4 aromatic rings. The molecule has 0 atom stereocenters. The number of nitrogens with one attached hydrogen (secondary N) is 2. The van der Waals surface area contributed by atoms with Gasteiger partial charge in [0.05, 0.1) is 30.8 Å². The zero-order chi connectivity index (χ0) is 24.8. The van der Waals surface area contributed by atoms with Crippen LogP contribution in [-0.4, -0.2) is 28.5 Å². The Kier molecular flexibility index (Phi) is 7.64. The molecule has 2 aromatic heterocycles. The molecule has 1 amide bonds. The summed E-state index contributed by atoms with van der Waals surface area (Å²) in [6.45, 7) is 2.70. The molecule has 180 valence electrons. The van der Waals surface area contributed by atoms with Crippen LogP contribution < -0.4 is 10.9 Å². The van der Waals surface area contributed by atoms with Crippen molar-refractivity contribution in [2.75, 3.05) is 6.61 Å². The first kappa shape index (κ1) is 24.2. The van der Waals surface area contributed by atoms with E-state index in [0.717, 1.165) is 5.56 Å². The van der Waals surface area contributed by atoms with Crippen molar-refractivity contribution in [2.24, 2.45) is 0 Å². The summed E-state index contributed by atoms with van der Waals surface area (Å²) in [7, 11) is 0. The molecule has 0 aliphatic rings. The van der Waals surface area contributed by atoms with Crippen LogP contribution in [0.15, 0.2) is 58.7 Å². The van der Waals surface area contributed by atoms with E-state index in [9.17, 15) is 18.8 Å². The van der Waals surface area contributed by atoms with E-state index in [4.69, 9.17) is 9.47 Å². The number of rotatable bonds is 9. The number of ether oxygens (including phenoxy) is 2. The number of nitrogens with zero attached hydrogens (tertiary/aromatic N) is 1. The lowest BCUT2D eigenvalue weighted by atomic mass is 10.1. The number of carbonyl (C=O) groups excluding carboxylic acids is 2. The van der Waals surface area contributed by atoms with E-state index < -0.39 is 11.5 Å². The molecular weight excluding hydrogens is 473 g/mol. The van der Waals surface area contributed by atoms with Gasteiger partial charge in [-0.2, -0.15) is 0 Å². The number of amides is 1. The maximum Gasteiger partial charge on any atom is 0.338 e. The lowest BCUT2D eigenvalue weighted by Gasteiger charge is -2.06. The van der Waals surface area contributed by atoms with Crippen LogP contribution in [0.4, 0.5) is 4.39 Å². The fourth-order valence-electron chi connectivity index (χ4n) is 3.32. The zero-order valence-corrected chi connectivity index (χ0v) is 19.6. The van der Waals surface area contributed by atoms with E-state index >= 15 is 0 Å². The second kappa shape index (κ2) is 11.0. The van der Waals surface area contributed by atoms with Gasteiger partial charge in [0.1, 0.15) is 10.6 Å². The van der Waals surface area contributed by atoms with Crippen LogP contribution in [0, 0.1) is 5.82 Å². The Morgan fingerprint density at radius 3 is 2.49 bits per heavy atom. The summed E-state index contributed by atoms with van der Waals surface area (Å²) in [4.78, 5) is 44.1. The predicted octanol–water partition coefficient (Wildman–Crippen LogP) is 3.95. The average molecular weight is 496 g/mol. The Bertz CT molecular complexity index is 1400. The standard InChI is InChI=1S/C25H22FN3O5S/c1-2-34-25(32)17-7-3-16(4-8-17)12-33-13-18-14-35-24-20(18)22(30)28-21(29-24)23(31)27-11-15-5-9-19(26)10-6-15/h3-10,14H,2,11-13H2,1H3,(H,27,31)(H,28,29,30). The first-order chi connectivity index (χ1) is 16.9. The highest BCUT2D eigenvalue weighted by Crippen LogP contribution is 2.22. The molecule has 0 bridgehead atoms. The number of hydrogen-bond acceptors (Lipinski definition) is 7. The summed E-state index contributed by atoms with van der Waals surface area (Å²) < 4.78 is 23.7. The molecule has 2 N–H and O–H groups in total. The highest BCUT2D eigenvalue weighted by atomic mass is 32.1. The molecule has 0 fully saturated rings. The molecule has 0 aliphatic carbocycles. The summed E-state index contributed by atoms with van der Waals surface area (Å²) in [5, 5.41) is 4.81. The van der Waals surface area contributed by atoms with E-state index in [2.05, 4.69) is 15.3 Å². The smallest absolute Gasteiger partial charge is 0.338 e. The van der Waals surface area contributed by atoms with Gasteiger partial charge in [0, 0.05) is 12.1 Å². The molecule has 0 spiro atoms. The van der Waals surface area contributed by atoms with Crippen LogP contribution in [0.3, 0.4) is 0 Å². The molecule has 0 saturated heterocycles. The van der Waals surface area contributed by atoms with Gasteiger partial charge >= 0.3 is 5.97 Å². The number of carbonyl (C=O) groups is 2. The molecule has 0 radical (unpaired) electrons. The molecule has 4 rings (SSSR count). The fourth-order valence-corrected chi connectivity index (χ4v) is 4.24. The lowest BCUT2D eigenvalue weighted by molar-refractivity contribution is 0.0526. The predicted molar refractivity (Wildman–Crippen MR) is 129 cm³/mol. The Balaban J connectivity index is 1.37. The largest absolute Gasteiger partial charge is 0.462 e. The summed E-state index contributed by atoms with van der Waals surface area (Å²) in [6, 6.07) is 12.7. The molecule has 0 saturated carbocycles. The minimum absolute atomic E-state index is 0.0966. The second-order valence-electron chi connectivity index (χ2n) is 7.57. The number of H-pyrrole nitrogens is 1. The topological polar surface area (TPSA) is 110 Å². The third-order valence-corrected chi connectivity index (χ3v) is 6.01. The maximum absolute atomic E-state index is 13.0. The van der Waals surface area contributed by atoms with Crippen molar-refractivity contribution < 1.29 is 23.5 Å². The second-order valence-corrected chi connectivity index (χ2v) is 8.43. The monoisotopic (exact) mass is 495 g/mol. The molecular formula is C25H22FN3O5S. The van der Waals surface area contributed by atoms with Gasteiger partial charge in [0.25, 0.3) is 11.5 Å². The van der Waals surface area contributed by atoms with Crippen molar-refractivity contribution in [1.29, 1.82) is 0 Å². The van der Waals surface area contributed by atoms with Crippen LogP contribution >= 0.6 is 11.3 Å².